The maximum atomic E-state index is 13.3. The first-order chi connectivity index (χ1) is 7.77. The van der Waals surface area contributed by atoms with E-state index in [9.17, 15) is 9.18 Å². The third-order valence-electron chi connectivity index (χ3n) is 2.63. The molecule has 1 aliphatic heterocycles. The highest BCUT2D eigenvalue weighted by Gasteiger charge is 2.21. The second-order valence-corrected chi connectivity index (χ2v) is 4.97. The fourth-order valence-corrected chi connectivity index (χ4v) is 2.69. The summed E-state index contributed by atoms with van der Waals surface area (Å²) in [5.41, 5.74) is 0.491. The Labute approximate surface area is 98.6 Å². The van der Waals surface area contributed by atoms with Crippen LogP contribution in [0, 0.1) is 5.82 Å². The molecular formula is C12H14FNOS. The zero-order valence-corrected chi connectivity index (χ0v) is 9.73. The SMILES string of the molecule is O=C(Cc1ccccc1F)C1CSCCN1. The van der Waals surface area contributed by atoms with Crippen LogP contribution in [0.4, 0.5) is 4.39 Å². The molecule has 0 amide bonds. The number of carbonyl (C=O) groups is 1. The molecule has 2 nitrogen and oxygen atoms in total. The zero-order valence-electron chi connectivity index (χ0n) is 8.91. The van der Waals surface area contributed by atoms with Crippen LogP contribution in [0.2, 0.25) is 0 Å². The molecule has 2 rings (SSSR count). The second-order valence-electron chi connectivity index (χ2n) is 3.82. The van der Waals surface area contributed by atoms with Crippen molar-refractivity contribution in [2.45, 2.75) is 12.5 Å². The number of benzene rings is 1. The molecule has 1 atom stereocenters. The molecular weight excluding hydrogens is 225 g/mol. The van der Waals surface area contributed by atoms with Crippen LogP contribution >= 0.6 is 11.8 Å². The molecule has 1 heterocycles. The van der Waals surface area contributed by atoms with E-state index in [1.54, 1.807) is 30.0 Å². The predicted molar refractivity (Wildman–Crippen MR) is 64.2 cm³/mol. The molecule has 1 aliphatic rings. The molecule has 16 heavy (non-hydrogen) atoms. The molecule has 0 radical (unpaired) electrons. The number of Topliss-reactive ketones (excluding diaryl/α,β-unsaturated/α-hetero) is 1. The van der Waals surface area contributed by atoms with Gasteiger partial charge in [0.15, 0.2) is 5.78 Å². The minimum Gasteiger partial charge on any atom is -0.306 e. The summed E-state index contributed by atoms with van der Waals surface area (Å²) in [5.74, 6) is 1.63. The lowest BCUT2D eigenvalue weighted by Gasteiger charge is -2.21. The Hall–Kier alpha value is -0.870. The molecule has 0 spiro atoms. The van der Waals surface area contributed by atoms with Gasteiger partial charge in [-0.15, -0.1) is 0 Å². The van der Waals surface area contributed by atoms with E-state index >= 15 is 0 Å². The highest BCUT2D eigenvalue weighted by atomic mass is 32.2. The number of hydrogen-bond acceptors (Lipinski definition) is 3. The Morgan fingerprint density at radius 2 is 2.31 bits per heavy atom. The minimum absolute atomic E-state index is 0.0808. The lowest BCUT2D eigenvalue weighted by atomic mass is 10.0. The van der Waals surface area contributed by atoms with Gasteiger partial charge in [-0.25, -0.2) is 4.39 Å². The van der Waals surface area contributed by atoms with Gasteiger partial charge in [-0.3, -0.25) is 4.79 Å². The highest BCUT2D eigenvalue weighted by Crippen LogP contribution is 2.12. The van der Waals surface area contributed by atoms with Gasteiger partial charge in [0, 0.05) is 24.5 Å². The average molecular weight is 239 g/mol. The molecule has 1 unspecified atom stereocenters. The Morgan fingerprint density at radius 3 is 3.00 bits per heavy atom. The van der Waals surface area contributed by atoms with Gasteiger partial charge in [0.25, 0.3) is 0 Å². The number of rotatable bonds is 3. The van der Waals surface area contributed by atoms with Crippen LogP contribution < -0.4 is 5.32 Å². The van der Waals surface area contributed by atoms with E-state index in [1.807, 2.05) is 0 Å². The topological polar surface area (TPSA) is 29.1 Å². The van der Waals surface area contributed by atoms with Gasteiger partial charge in [-0.05, 0) is 11.6 Å². The summed E-state index contributed by atoms with van der Waals surface area (Å²) in [6, 6.07) is 6.35. The van der Waals surface area contributed by atoms with Crippen LogP contribution in [0.15, 0.2) is 24.3 Å². The third kappa shape index (κ3) is 2.83. The molecule has 4 heteroatoms. The first-order valence-corrected chi connectivity index (χ1v) is 6.50. The van der Waals surface area contributed by atoms with Crippen molar-refractivity contribution in [3.63, 3.8) is 0 Å². The summed E-state index contributed by atoms with van der Waals surface area (Å²) in [6.07, 6.45) is 0.185. The van der Waals surface area contributed by atoms with Gasteiger partial charge in [0.05, 0.1) is 6.04 Å². The van der Waals surface area contributed by atoms with Crippen LogP contribution in [0.5, 0.6) is 0 Å². The summed E-state index contributed by atoms with van der Waals surface area (Å²) in [7, 11) is 0. The lowest BCUT2D eigenvalue weighted by molar-refractivity contribution is -0.120. The van der Waals surface area contributed by atoms with E-state index in [0.717, 1.165) is 18.1 Å². The fraction of sp³-hybridized carbons (Fsp3) is 0.417. The highest BCUT2D eigenvalue weighted by molar-refractivity contribution is 7.99. The van der Waals surface area contributed by atoms with E-state index < -0.39 is 0 Å². The quantitative estimate of drug-likeness (QED) is 0.869. The van der Waals surface area contributed by atoms with Crippen molar-refractivity contribution < 1.29 is 9.18 Å². The van der Waals surface area contributed by atoms with E-state index in [0.29, 0.717) is 5.56 Å². The minimum atomic E-state index is -0.292. The van der Waals surface area contributed by atoms with Crippen LogP contribution in [-0.2, 0) is 11.2 Å². The summed E-state index contributed by atoms with van der Waals surface area (Å²) in [5, 5.41) is 3.17. The van der Waals surface area contributed by atoms with Crippen LogP contribution in [0.1, 0.15) is 5.56 Å². The van der Waals surface area contributed by atoms with E-state index in [1.165, 1.54) is 6.07 Å². The van der Waals surface area contributed by atoms with Crippen molar-refractivity contribution in [1.29, 1.82) is 0 Å². The molecule has 0 bridgehead atoms. The summed E-state index contributed by atoms with van der Waals surface area (Å²) in [6.45, 7) is 0.859. The van der Waals surface area contributed by atoms with Gasteiger partial charge in [0.1, 0.15) is 5.82 Å². The van der Waals surface area contributed by atoms with Gasteiger partial charge < -0.3 is 5.32 Å². The monoisotopic (exact) mass is 239 g/mol. The van der Waals surface area contributed by atoms with Gasteiger partial charge in [0.2, 0.25) is 0 Å². The van der Waals surface area contributed by atoms with E-state index in [2.05, 4.69) is 5.32 Å². The summed E-state index contributed by atoms with van der Waals surface area (Å²) in [4.78, 5) is 11.9. The number of nitrogens with one attached hydrogen (secondary N) is 1. The summed E-state index contributed by atoms with van der Waals surface area (Å²) < 4.78 is 13.3. The predicted octanol–water partition coefficient (Wildman–Crippen LogP) is 1.64. The molecule has 0 aromatic heterocycles. The van der Waals surface area contributed by atoms with Crippen LogP contribution in [-0.4, -0.2) is 29.9 Å². The molecule has 1 saturated heterocycles. The van der Waals surface area contributed by atoms with Crippen molar-refractivity contribution in [2.24, 2.45) is 0 Å². The zero-order chi connectivity index (χ0) is 11.4. The van der Waals surface area contributed by atoms with Crippen molar-refractivity contribution in [1.82, 2.24) is 5.32 Å². The molecule has 1 aromatic carbocycles. The lowest BCUT2D eigenvalue weighted by Crippen LogP contribution is -2.44. The average Bonchev–Trinajstić information content (AvgIpc) is 2.33. The van der Waals surface area contributed by atoms with Crippen molar-refractivity contribution in [2.75, 3.05) is 18.1 Å². The third-order valence-corrected chi connectivity index (χ3v) is 3.69. The molecule has 1 N–H and O–H groups in total. The maximum Gasteiger partial charge on any atom is 0.155 e. The molecule has 1 aromatic rings. The normalized spacial score (nSPS) is 20.7. The maximum absolute atomic E-state index is 13.3. The van der Waals surface area contributed by atoms with Gasteiger partial charge >= 0.3 is 0 Å². The number of carbonyl (C=O) groups excluding carboxylic acids is 1. The van der Waals surface area contributed by atoms with Crippen molar-refractivity contribution in [3.05, 3.63) is 35.6 Å². The standard InChI is InChI=1S/C12H14FNOS/c13-10-4-2-1-3-9(10)7-12(15)11-8-16-6-5-14-11/h1-4,11,14H,5-8H2. The number of halogens is 1. The number of thioether (sulfide) groups is 1. The van der Waals surface area contributed by atoms with Crippen molar-refractivity contribution in [3.8, 4) is 0 Å². The Bertz CT molecular complexity index is 377. The Balaban J connectivity index is 1.99. The first kappa shape index (κ1) is 11.6. The Kier molecular flexibility index (Phi) is 3.96. The van der Waals surface area contributed by atoms with Crippen LogP contribution in [0.3, 0.4) is 0 Å². The number of ketones is 1. The first-order valence-electron chi connectivity index (χ1n) is 5.34. The second kappa shape index (κ2) is 5.46. The molecule has 1 fully saturated rings. The molecule has 0 saturated carbocycles. The number of hydrogen-bond donors (Lipinski definition) is 1. The van der Waals surface area contributed by atoms with Gasteiger partial charge in [-0.1, -0.05) is 18.2 Å². The molecule has 86 valence electrons. The smallest absolute Gasteiger partial charge is 0.155 e. The van der Waals surface area contributed by atoms with Crippen LogP contribution in [0.25, 0.3) is 0 Å². The molecule has 0 aliphatic carbocycles. The van der Waals surface area contributed by atoms with Crippen molar-refractivity contribution >= 4 is 17.5 Å². The van der Waals surface area contributed by atoms with E-state index in [4.69, 9.17) is 0 Å². The van der Waals surface area contributed by atoms with E-state index in [-0.39, 0.29) is 24.1 Å². The van der Waals surface area contributed by atoms with Gasteiger partial charge in [-0.2, -0.15) is 11.8 Å². The largest absolute Gasteiger partial charge is 0.306 e. The fourth-order valence-electron chi connectivity index (χ4n) is 1.72. The Morgan fingerprint density at radius 1 is 1.50 bits per heavy atom. The summed E-state index contributed by atoms with van der Waals surface area (Å²) >= 11 is 1.77.